The second-order valence-corrected chi connectivity index (χ2v) is 5.14. The molecule has 0 aliphatic heterocycles. The highest BCUT2D eigenvalue weighted by atomic mass is 35.5. The first kappa shape index (κ1) is 15.6. The molecule has 0 atom stereocenters. The number of nitrogens with one attached hydrogen (secondary N) is 2. The number of amides is 1. The Bertz CT molecular complexity index is 677. The van der Waals surface area contributed by atoms with Gasteiger partial charge in [-0.15, -0.1) is 0 Å². The molecule has 6 heteroatoms. The number of carbonyl (C=O) groups is 1. The molecule has 0 aromatic heterocycles. The Balaban J connectivity index is 2.31. The van der Waals surface area contributed by atoms with Crippen molar-refractivity contribution in [2.24, 2.45) is 0 Å². The van der Waals surface area contributed by atoms with Crippen molar-refractivity contribution in [2.45, 2.75) is 6.92 Å². The van der Waals surface area contributed by atoms with Crippen molar-refractivity contribution in [3.63, 3.8) is 0 Å². The van der Waals surface area contributed by atoms with Crippen LogP contribution in [0.4, 0.5) is 15.8 Å². The number of rotatable bonds is 4. The van der Waals surface area contributed by atoms with E-state index in [1.165, 1.54) is 12.1 Å². The number of carbonyl (C=O) groups excluding carboxylic acids is 1. The van der Waals surface area contributed by atoms with Gasteiger partial charge in [-0.1, -0.05) is 23.2 Å². The molecule has 21 heavy (non-hydrogen) atoms. The Hall–Kier alpha value is -1.78. The molecule has 0 saturated carbocycles. The first-order chi connectivity index (χ1) is 10.0. The lowest BCUT2D eigenvalue weighted by Crippen LogP contribution is -2.15. The summed E-state index contributed by atoms with van der Waals surface area (Å²) in [4.78, 5) is 12.3. The van der Waals surface area contributed by atoms with E-state index in [0.717, 1.165) is 6.07 Å². The van der Waals surface area contributed by atoms with Crippen LogP contribution in [0.1, 0.15) is 17.3 Å². The molecule has 1 amide bonds. The summed E-state index contributed by atoms with van der Waals surface area (Å²) in [6.07, 6.45) is 0. The highest BCUT2D eigenvalue weighted by molar-refractivity contribution is 6.34. The second-order valence-electron chi connectivity index (χ2n) is 4.30. The summed E-state index contributed by atoms with van der Waals surface area (Å²) in [5, 5.41) is 6.35. The van der Waals surface area contributed by atoms with Crippen LogP contribution in [0.2, 0.25) is 10.0 Å². The molecular weight excluding hydrogens is 314 g/mol. The van der Waals surface area contributed by atoms with Gasteiger partial charge >= 0.3 is 0 Å². The average molecular weight is 327 g/mol. The van der Waals surface area contributed by atoms with Crippen LogP contribution in [0.5, 0.6) is 0 Å². The maximum Gasteiger partial charge on any atom is 0.257 e. The van der Waals surface area contributed by atoms with Crippen LogP contribution < -0.4 is 10.6 Å². The van der Waals surface area contributed by atoms with Crippen molar-refractivity contribution in [1.82, 2.24) is 0 Å². The van der Waals surface area contributed by atoms with Gasteiger partial charge in [-0.25, -0.2) is 4.39 Å². The summed E-state index contributed by atoms with van der Waals surface area (Å²) in [6, 6.07) is 8.72. The van der Waals surface area contributed by atoms with Crippen LogP contribution in [-0.2, 0) is 0 Å². The second kappa shape index (κ2) is 6.78. The Labute approximate surface area is 132 Å². The first-order valence-electron chi connectivity index (χ1n) is 6.31. The third kappa shape index (κ3) is 3.86. The van der Waals surface area contributed by atoms with Gasteiger partial charge in [-0.3, -0.25) is 4.79 Å². The number of anilines is 2. The monoisotopic (exact) mass is 326 g/mol. The van der Waals surface area contributed by atoms with Gasteiger partial charge in [0.1, 0.15) is 5.82 Å². The average Bonchev–Trinajstić information content (AvgIpc) is 2.45. The van der Waals surface area contributed by atoms with Crippen molar-refractivity contribution < 1.29 is 9.18 Å². The van der Waals surface area contributed by atoms with Gasteiger partial charge in [0.15, 0.2) is 0 Å². The van der Waals surface area contributed by atoms with Crippen molar-refractivity contribution in [2.75, 3.05) is 17.2 Å². The summed E-state index contributed by atoms with van der Waals surface area (Å²) >= 11 is 11.9. The summed E-state index contributed by atoms with van der Waals surface area (Å²) in [7, 11) is 0. The van der Waals surface area contributed by atoms with E-state index in [1.807, 2.05) is 6.92 Å². The minimum absolute atomic E-state index is 0.212. The van der Waals surface area contributed by atoms with E-state index in [9.17, 15) is 9.18 Å². The van der Waals surface area contributed by atoms with Gasteiger partial charge < -0.3 is 10.6 Å². The predicted octanol–water partition coefficient (Wildman–Crippen LogP) is 4.82. The van der Waals surface area contributed by atoms with Gasteiger partial charge in [-0.2, -0.15) is 0 Å². The number of halogens is 3. The SMILES string of the molecule is CCNc1ccc(Cl)cc1C(=O)Nc1cc(F)ccc1Cl. The molecule has 2 aromatic rings. The summed E-state index contributed by atoms with van der Waals surface area (Å²) < 4.78 is 13.2. The van der Waals surface area contributed by atoms with E-state index in [1.54, 1.807) is 18.2 Å². The number of hydrogen-bond donors (Lipinski definition) is 2. The molecule has 2 aromatic carbocycles. The summed E-state index contributed by atoms with van der Waals surface area (Å²) in [5.41, 5.74) is 1.22. The van der Waals surface area contributed by atoms with Gasteiger partial charge in [0, 0.05) is 17.3 Å². The smallest absolute Gasteiger partial charge is 0.257 e. The minimum atomic E-state index is -0.479. The lowest BCUT2D eigenvalue weighted by Gasteiger charge is -2.12. The molecule has 0 saturated heterocycles. The number of hydrogen-bond acceptors (Lipinski definition) is 2. The van der Waals surface area contributed by atoms with Crippen LogP contribution in [-0.4, -0.2) is 12.5 Å². The van der Waals surface area contributed by atoms with E-state index in [-0.39, 0.29) is 10.7 Å². The Morgan fingerprint density at radius 1 is 1.14 bits per heavy atom. The van der Waals surface area contributed by atoms with Crippen LogP contribution in [0.15, 0.2) is 36.4 Å². The van der Waals surface area contributed by atoms with E-state index >= 15 is 0 Å². The normalized spacial score (nSPS) is 10.3. The zero-order valence-electron chi connectivity index (χ0n) is 11.2. The van der Waals surface area contributed by atoms with Crippen molar-refractivity contribution >= 4 is 40.5 Å². The Morgan fingerprint density at radius 3 is 2.62 bits per heavy atom. The summed E-state index contributed by atoms with van der Waals surface area (Å²) in [5.74, 6) is -0.895. The topological polar surface area (TPSA) is 41.1 Å². The molecule has 2 N–H and O–H groups in total. The zero-order chi connectivity index (χ0) is 15.4. The Kier molecular flexibility index (Phi) is 5.04. The van der Waals surface area contributed by atoms with Crippen LogP contribution in [0.3, 0.4) is 0 Å². The highest BCUT2D eigenvalue weighted by Crippen LogP contribution is 2.26. The molecule has 0 aliphatic carbocycles. The third-order valence-electron chi connectivity index (χ3n) is 2.77. The Morgan fingerprint density at radius 2 is 1.90 bits per heavy atom. The fourth-order valence-corrected chi connectivity index (χ4v) is 2.17. The molecular formula is C15H13Cl2FN2O. The molecule has 2 rings (SSSR count). The number of benzene rings is 2. The molecule has 0 fully saturated rings. The van der Waals surface area contributed by atoms with Crippen molar-refractivity contribution in [3.05, 3.63) is 57.8 Å². The highest BCUT2D eigenvalue weighted by Gasteiger charge is 2.14. The molecule has 0 unspecified atom stereocenters. The van der Waals surface area contributed by atoms with Crippen LogP contribution in [0, 0.1) is 5.82 Å². The van der Waals surface area contributed by atoms with Gasteiger partial charge in [-0.05, 0) is 43.3 Å². The molecule has 3 nitrogen and oxygen atoms in total. The largest absolute Gasteiger partial charge is 0.385 e. The lowest BCUT2D eigenvalue weighted by molar-refractivity contribution is 0.102. The standard InChI is InChI=1S/C15H13Cl2FN2O/c1-2-19-13-6-3-9(16)7-11(13)15(21)20-14-8-10(18)4-5-12(14)17/h3-8,19H,2H2,1H3,(H,20,21). The molecule has 0 aliphatic rings. The van der Waals surface area contributed by atoms with E-state index in [2.05, 4.69) is 10.6 Å². The maximum atomic E-state index is 13.2. The van der Waals surface area contributed by atoms with E-state index < -0.39 is 11.7 Å². The summed E-state index contributed by atoms with van der Waals surface area (Å²) in [6.45, 7) is 2.57. The zero-order valence-corrected chi connectivity index (χ0v) is 12.7. The third-order valence-corrected chi connectivity index (χ3v) is 3.33. The quantitative estimate of drug-likeness (QED) is 0.845. The van der Waals surface area contributed by atoms with Gasteiger partial charge in [0.05, 0.1) is 16.3 Å². The fraction of sp³-hybridized carbons (Fsp3) is 0.133. The van der Waals surface area contributed by atoms with Crippen molar-refractivity contribution in [1.29, 1.82) is 0 Å². The molecule has 0 spiro atoms. The molecule has 0 radical (unpaired) electrons. The molecule has 0 heterocycles. The van der Waals surface area contributed by atoms with E-state index in [4.69, 9.17) is 23.2 Å². The van der Waals surface area contributed by atoms with Gasteiger partial charge in [0.2, 0.25) is 0 Å². The minimum Gasteiger partial charge on any atom is -0.385 e. The fourth-order valence-electron chi connectivity index (χ4n) is 1.83. The molecule has 110 valence electrons. The van der Waals surface area contributed by atoms with E-state index in [0.29, 0.717) is 22.8 Å². The molecule has 0 bridgehead atoms. The van der Waals surface area contributed by atoms with Crippen LogP contribution in [0.25, 0.3) is 0 Å². The first-order valence-corrected chi connectivity index (χ1v) is 7.06. The lowest BCUT2D eigenvalue weighted by atomic mass is 10.1. The maximum absolute atomic E-state index is 13.2. The van der Waals surface area contributed by atoms with Crippen LogP contribution >= 0.6 is 23.2 Å². The van der Waals surface area contributed by atoms with Crippen molar-refractivity contribution in [3.8, 4) is 0 Å². The predicted molar refractivity (Wildman–Crippen MR) is 85.0 cm³/mol. The van der Waals surface area contributed by atoms with Gasteiger partial charge in [0.25, 0.3) is 5.91 Å².